The van der Waals surface area contributed by atoms with Crippen molar-refractivity contribution in [3.05, 3.63) is 77.4 Å². The molecule has 0 unspecified atom stereocenters. The molecule has 0 saturated carbocycles. The first-order valence-electron chi connectivity index (χ1n) is 10.8. The van der Waals surface area contributed by atoms with Crippen LogP contribution in [0.3, 0.4) is 0 Å². The highest BCUT2D eigenvalue weighted by molar-refractivity contribution is 5.42. The van der Waals surface area contributed by atoms with Gasteiger partial charge < -0.3 is 4.74 Å². The van der Waals surface area contributed by atoms with Gasteiger partial charge in [-0.25, -0.2) is 0 Å². The van der Waals surface area contributed by atoms with Crippen LogP contribution < -0.4 is 4.74 Å². The molecule has 0 bridgehead atoms. The smallest absolute Gasteiger partial charge is 0.119 e. The van der Waals surface area contributed by atoms with Crippen LogP contribution in [0.15, 0.2) is 60.7 Å². The number of aryl methyl sites for hydroxylation is 1. The van der Waals surface area contributed by atoms with Gasteiger partial charge >= 0.3 is 0 Å². The lowest BCUT2D eigenvalue weighted by Gasteiger charge is -2.04. The number of benzene rings is 2. The van der Waals surface area contributed by atoms with Gasteiger partial charge in [0.05, 0.1) is 6.61 Å². The van der Waals surface area contributed by atoms with E-state index in [-0.39, 0.29) is 0 Å². The van der Waals surface area contributed by atoms with Gasteiger partial charge in [-0.1, -0.05) is 75.3 Å². The van der Waals surface area contributed by atoms with Crippen molar-refractivity contribution >= 4 is 0 Å². The molecule has 0 aliphatic rings. The fourth-order valence-electron chi connectivity index (χ4n) is 2.81. The predicted molar refractivity (Wildman–Crippen MR) is 124 cm³/mol. The zero-order valence-electron chi connectivity index (χ0n) is 17.8. The zero-order chi connectivity index (χ0) is 20.6. The molecule has 0 aromatic heterocycles. The Kier molecular flexibility index (Phi) is 10.9. The van der Waals surface area contributed by atoms with Gasteiger partial charge in [-0.2, -0.15) is 0 Å². The van der Waals surface area contributed by atoms with Crippen molar-refractivity contribution in [3.8, 4) is 29.4 Å². The molecule has 2 rings (SSSR count). The highest BCUT2D eigenvalue weighted by Crippen LogP contribution is 2.12. The Morgan fingerprint density at radius 3 is 1.86 bits per heavy atom. The van der Waals surface area contributed by atoms with E-state index in [0.717, 1.165) is 42.7 Å². The quantitative estimate of drug-likeness (QED) is 0.336. The third-order valence-corrected chi connectivity index (χ3v) is 4.58. The molecular weight excluding hydrogens is 352 g/mol. The molecule has 0 aliphatic heterocycles. The van der Waals surface area contributed by atoms with E-state index in [4.69, 9.17) is 4.74 Å². The van der Waals surface area contributed by atoms with Crippen molar-refractivity contribution in [3.63, 3.8) is 0 Å². The number of rotatable bonds is 9. The lowest BCUT2D eigenvalue weighted by Crippen LogP contribution is -1.95. The molecule has 2 aromatic carbocycles. The van der Waals surface area contributed by atoms with Crippen molar-refractivity contribution in [2.75, 3.05) is 6.61 Å². The first kappa shape index (κ1) is 22.4. The SMILES string of the molecule is CCCCCCc1ccc(C#CC=CC#Cc2ccc(OCCCC)cc2)cc1. The molecule has 0 aliphatic carbocycles. The molecular formula is C28H32O. The highest BCUT2D eigenvalue weighted by Gasteiger charge is 1.94. The van der Waals surface area contributed by atoms with Crippen LogP contribution in [0.1, 0.15) is 69.1 Å². The summed E-state index contributed by atoms with van der Waals surface area (Å²) in [4.78, 5) is 0. The fraction of sp³-hybridized carbons (Fsp3) is 0.357. The maximum absolute atomic E-state index is 5.66. The standard InChI is InChI=1S/C28H32O/c1-3-5-7-10-13-25-16-18-26(19-17-25)14-11-8-9-12-15-27-20-22-28(23-21-27)29-24-6-4-2/h8-9,16-23H,3-7,10,13,24H2,1-2H3. The second-order valence-corrected chi connectivity index (χ2v) is 7.11. The lowest BCUT2D eigenvalue weighted by molar-refractivity contribution is 0.309. The van der Waals surface area contributed by atoms with E-state index in [1.165, 1.54) is 31.2 Å². The first-order chi connectivity index (χ1) is 14.3. The summed E-state index contributed by atoms with van der Waals surface area (Å²) >= 11 is 0. The van der Waals surface area contributed by atoms with Gasteiger partial charge in [0.15, 0.2) is 0 Å². The van der Waals surface area contributed by atoms with Gasteiger partial charge in [0, 0.05) is 11.1 Å². The van der Waals surface area contributed by atoms with Crippen LogP contribution in [0.2, 0.25) is 0 Å². The van der Waals surface area contributed by atoms with Gasteiger partial charge in [-0.05, 0) is 73.4 Å². The average molecular weight is 385 g/mol. The number of hydrogen-bond donors (Lipinski definition) is 0. The Labute approximate surface area is 177 Å². The summed E-state index contributed by atoms with van der Waals surface area (Å²) in [6, 6.07) is 16.5. The molecule has 0 radical (unpaired) electrons. The topological polar surface area (TPSA) is 9.23 Å². The minimum atomic E-state index is 0.768. The van der Waals surface area contributed by atoms with Crippen molar-refractivity contribution in [1.29, 1.82) is 0 Å². The Morgan fingerprint density at radius 2 is 1.28 bits per heavy atom. The van der Waals surface area contributed by atoms with Crippen LogP contribution in [0.25, 0.3) is 0 Å². The molecule has 2 aromatic rings. The van der Waals surface area contributed by atoms with Crippen molar-refractivity contribution < 1.29 is 4.74 Å². The molecule has 29 heavy (non-hydrogen) atoms. The first-order valence-corrected chi connectivity index (χ1v) is 10.8. The highest BCUT2D eigenvalue weighted by atomic mass is 16.5. The molecule has 0 saturated heterocycles. The summed E-state index contributed by atoms with van der Waals surface area (Å²) in [5.41, 5.74) is 3.41. The molecule has 150 valence electrons. The van der Waals surface area contributed by atoms with Crippen LogP contribution in [0.5, 0.6) is 5.75 Å². The van der Waals surface area contributed by atoms with E-state index in [2.05, 4.69) is 61.8 Å². The average Bonchev–Trinajstić information content (AvgIpc) is 2.76. The fourth-order valence-corrected chi connectivity index (χ4v) is 2.81. The lowest BCUT2D eigenvalue weighted by atomic mass is 10.0. The number of hydrogen-bond acceptors (Lipinski definition) is 1. The molecule has 0 atom stereocenters. The van der Waals surface area contributed by atoms with Crippen LogP contribution >= 0.6 is 0 Å². The van der Waals surface area contributed by atoms with Gasteiger partial charge in [0.1, 0.15) is 5.75 Å². The third kappa shape index (κ3) is 9.73. The monoisotopic (exact) mass is 384 g/mol. The van der Waals surface area contributed by atoms with Crippen LogP contribution in [-0.4, -0.2) is 6.61 Å². The van der Waals surface area contributed by atoms with E-state index in [0.29, 0.717) is 0 Å². The number of allylic oxidation sites excluding steroid dienone is 2. The van der Waals surface area contributed by atoms with E-state index in [1.54, 1.807) is 12.2 Å². The zero-order valence-corrected chi connectivity index (χ0v) is 17.8. The van der Waals surface area contributed by atoms with Crippen LogP contribution in [0, 0.1) is 23.7 Å². The van der Waals surface area contributed by atoms with Gasteiger partial charge in [-0.3, -0.25) is 0 Å². The Bertz CT molecular complexity index is 849. The largest absolute Gasteiger partial charge is 0.494 e. The van der Waals surface area contributed by atoms with E-state index >= 15 is 0 Å². The second-order valence-electron chi connectivity index (χ2n) is 7.11. The van der Waals surface area contributed by atoms with Crippen molar-refractivity contribution in [2.24, 2.45) is 0 Å². The summed E-state index contributed by atoms with van der Waals surface area (Å²) < 4.78 is 5.66. The van der Waals surface area contributed by atoms with E-state index in [9.17, 15) is 0 Å². The van der Waals surface area contributed by atoms with Gasteiger partial charge in [0.2, 0.25) is 0 Å². The Morgan fingerprint density at radius 1 is 0.690 bits per heavy atom. The third-order valence-electron chi connectivity index (χ3n) is 4.58. The number of ether oxygens (including phenoxy) is 1. The molecule has 0 amide bonds. The summed E-state index contributed by atoms with van der Waals surface area (Å²) in [6.07, 6.45) is 12.2. The van der Waals surface area contributed by atoms with Crippen molar-refractivity contribution in [2.45, 2.75) is 58.8 Å². The molecule has 0 fully saturated rings. The minimum Gasteiger partial charge on any atom is -0.494 e. The summed E-state index contributed by atoms with van der Waals surface area (Å²) in [5, 5.41) is 0. The van der Waals surface area contributed by atoms with E-state index in [1.807, 2.05) is 24.3 Å². The Balaban J connectivity index is 1.77. The predicted octanol–water partition coefficient (Wildman–Crippen LogP) is 6.95. The maximum atomic E-state index is 5.66. The summed E-state index contributed by atoms with van der Waals surface area (Å²) in [5.74, 6) is 13.3. The van der Waals surface area contributed by atoms with Gasteiger partial charge in [-0.15, -0.1) is 0 Å². The summed E-state index contributed by atoms with van der Waals surface area (Å²) in [7, 11) is 0. The number of unbranched alkanes of at least 4 members (excludes halogenated alkanes) is 4. The van der Waals surface area contributed by atoms with E-state index < -0.39 is 0 Å². The molecule has 0 N–H and O–H groups in total. The molecule has 1 heteroatoms. The maximum Gasteiger partial charge on any atom is 0.119 e. The van der Waals surface area contributed by atoms with Crippen LogP contribution in [-0.2, 0) is 6.42 Å². The molecule has 0 heterocycles. The van der Waals surface area contributed by atoms with Crippen LogP contribution in [0.4, 0.5) is 0 Å². The van der Waals surface area contributed by atoms with Crippen molar-refractivity contribution in [1.82, 2.24) is 0 Å². The summed E-state index contributed by atoms with van der Waals surface area (Å²) in [6.45, 7) is 5.17. The molecule has 1 nitrogen and oxygen atoms in total. The minimum absolute atomic E-state index is 0.768. The van der Waals surface area contributed by atoms with Gasteiger partial charge in [0.25, 0.3) is 0 Å². The Hall–Kier alpha value is -2.90. The normalized spacial score (nSPS) is 10.1. The second kappa shape index (κ2) is 14.1. The molecule has 0 spiro atoms.